The van der Waals surface area contributed by atoms with E-state index in [9.17, 15) is 4.79 Å². The minimum Gasteiger partial charge on any atom is -0.338 e. The summed E-state index contributed by atoms with van der Waals surface area (Å²) in [6, 6.07) is 18.2. The molecule has 1 amide bonds. The third-order valence-electron chi connectivity index (χ3n) is 3.75. The number of carbonyl (C=O) groups is 1. The number of carbonyl (C=O) groups excluding carboxylic acids is 1. The highest BCUT2D eigenvalue weighted by Gasteiger charge is 2.15. The average molecular weight is 375 g/mol. The summed E-state index contributed by atoms with van der Waals surface area (Å²) in [5.41, 5.74) is 2.35. The Morgan fingerprint density at radius 1 is 1.00 bits per heavy atom. The molecule has 4 heteroatoms. The van der Waals surface area contributed by atoms with Gasteiger partial charge in [-0.2, -0.15) is 0 Å². The molecular formula is C19H23BrN2O. The Balaban J connectivity index is 1.92. The molecule has 3 nitrogen and oxygen atoms in total. The molecule has 0 heterocycles. The van der Waals surface area contributed by atoms with Crippen molar-refractivity contribution in [1.82, 2.24) is 9.80 Å². The summed E-state index contributed by atoms with van der Waals surface area (Å²) in [4.78, 5) is 16.5. The first-order valence-corrected chi connectivity index (χ1v) is 8.63. The van der Waals surface area contributed by atoms with Crippen molar-refractivity contribution in [2.24, 2.45) is 0 Å². The first-order chi connectivity index (χ1) is 11.1. The van der Waals surface area contributed by atoms with Crippen molar-refractivity contribution in [3.05, 3.63) is 70.2 Å². The Labute approximate surface area is 147 Å². The van der Waals surface area contributed by atoms with Gasteiger partial charge in [-0.3, -0.25) is 9.69 Å². The fourth-order valence-corrected chi connectivity index (χ4v) is 2.89. The van der Waals surface area contributed by atoms with Gasteiger partial charge >= 0.3 is 0 Å². The predicted octanol–water partition coefficient (Wildman–Crippen LogP) is 3.93. The molecule has 0 radical (unpaired) electrons. The molecule has 0 aliphatic rings. The van der Waals surface area contributed by atoms with Crippen molar-refractivity contribution in [1.29, 1.82) is 0 Å². The second-order valence-electron chi connectivity index (χ2n) is 5.66. The molecule has 0 N–H and O–H groups in total. The van der Waals surface area contributed by atoms with E-state index in [0.717, 1.165) is 23.1 Å². The summed E-state index contributed by atoms with van der Waals surface area (Å²) in [5.74, 6) is 0.158. The number of nitrogens with zero attached hydrogens (tertiary/aromatic N) is 2. The lowest BCUT2D eigenvalue weighted by Gasteiger charge is -2.24. The number of likely N-dealkylation sites (N-methyl/N-ethyl adjacent to an activating group) is 2. The van der Waals surface area contributed by atoms with Gasteiger partial charge in [0.1, 0.15) is 0 Å². The Kier molecular flexibility index (Phi) is 6.81. The van der Waals surface area contributed by atoms with Crippen molar-refractivity contribution >= 4 is 21.8 Å². The number of amides is 1. The van der Waals surface area contributed by atoms with Gasteiger partial charge in [0.05, 0.1) is 6.54 Å². The fraction of sp³-hybridized carbons (Fsp3) is 0.316. The van der Waals surface area contributed by atoms with Crippen molar-refractivity contribution in [3.8, 4) is 0 Å². The lowest BCUT2D eigenvalue weighted by molar-refractivity contribution is -0.132. The second kappa shape index (κ2) is 8.85. The van der Waals surface area contributed by atoms with Crippen molar-refractivity contribution in [2.75, 3.05) is 20.1 Å². The smallest absolute Gasteiger partial charge is 0.237 e. The minimum atomic E-state index is 0.158. The van der Waals surface area contributed by atoms with Crippen LogP contribution in [0.25, 0.3) is 0 Å². The molecule has 0 aromatic heterocycles. The molecule has 0 bridgehead atoms. The molecule has 0 saturated carbocycles. The Morgan fingerprint density at radius 3 is 2.30 bits per heavy atom. The number of rotatable bonds is 7. The molecule has 122 valence electrons. The van der Waals surface area contributed by atoms with Crippen LogP contribution in [0.4, 0.5) is 0 Å². The summed E-state index contributed by atoms with van der Waals surface area (Å²) in [6.07, 6.45) is 0. The average Bonchev–Trinajstić information content (AvgIpc) is 2.55. The van der Waals surface area contributed by atoms with Gasteiger partial charge in [-0.05, 0) is 31.2 Å². The maximum absolute atomic E-state index is 12.5. The van der Waals surface area contributed by atoms with Gasteiger partial charge in [0, 0.05) is 24.1 Å². The van der Waals surface area contributed by atoms with Crippen LogP contribution in [0.3, 0.4) is 0 Å². The van der Waals surface area contributed by atoms with Crippen LogP contribution in [0.15, 0.2) is 59.1 Å². The van der Waals surface area contributed by atoms with Gasteiger partial charge in [-0.1, -0.05) is 64.5 Å². The number of hydrogen-bond donors (Lipinski definition) is 0. The molecule has 0 fully saturated rings. The first kappa shape index (κ1) is 17.7. The Hall–Kier alpha value is -1.65. The van der Waals surface area contributed by atoms with Gasteiger partial charge in [-0.15, -0.1) is 0 Å². The van der Waals surface area contributed by atoms with Crippen LogP contribution in [0.5, 0.6) is 0 Å². The van der Waals surface area contributed by atoms with Crippen LogP contribution in [0.2, 0.25) is 0 Å². The van der Waals surface area contributed by atoms with Gasteiger partial charge in [-0.25, -0.2) is 0 Å². The molecule has 23 heavy (non-hydrogen) atoms. The van der Waals surface area contributed by atoms with E-state index in [1.54, 1.807) is 0 Å². The lowest BCUT2D eigenvalue weighted by atomic mass is 10.2. The maximum atomic E-state index is 12.5. The number of halogens is 1. The molecule has 2 aromatic rings. The lowest BCUT2D eigenvalue weighted by Crippen LogP contribution is -2.38. The zero-order chi connectivity index (χ0) is 16.7. The van der Waals surface area contributed by atoms with Gasteiger partial charge in [0.15, 0.2) is 0 Å². The van der Waals surface area contributed by atoms with Crippen LogP contribution in [-0.2, 0) is 17.9 Å². The summed E-state index contributed by atoms with van der Waals surface area (Å²) in [5, 5.41) is 0. The Morgan fingerprint density at radius 2 is 1.65 bits per heavy atom. The third kappa shape index (κ3) is 5.48. The molecule has 0 atom stereocenters. The van der Waals surface area contributed by atoms with E-state index in [2.05, 4.69) is 39.0 Å². The number of benzene rings is 2. The maximum Gasteiger partial charge on any atom is 0.237 e. The van der Waals surface area contributed by atoms with E-state index in [1.807, 2.05) is 55.3 Å². The summed E-state index contributed by atoms with van der Waals surface area (Å²) >= 11 is 3.56. The minimum absolute atomic E-state index is 0.158. The molecule has 0 saturated heterocycles. The highest BCUT2D eigenvalue weighted by atomic mass is 79.9. The first-order valence-electron chi connectivity index (χ1n) is 7.83. The normalized spacial score (nSPS) is 10.8. The van der Waals surface area contributed by atoms with E-state index >= 15 is 0 Å². The molecule has 0 spiro atoms. The SMILES string of the molecule is CCN(Cc1ccccc1)C(=O)CN(C)Cc1ccccc1Br. The Bertz CT molecular complexity index is 630. The largest absolute Gasteiger partial charge is 0.338 e. The van der Waals surface area contributed by atoms with Crippen LogP contribution in [0, 0.1) is 0 Å². The van der Waals surface area contributed by atoms with Crippen LogP contribution < -0.4 is 0 Å². The van der Waals surface area contributed by atoms with E-state index in [-0.39, 0.29) is 5.91 Å². The summed E-state index contributed by atoms with van der Waals surface area (Å²) < 4.78 is 1.08. The third-order valence-corrected chi connectivity index (χ3v) is 4.53. The summed E-state index contributed by atoms with van der Waals surface area (Å²) in [7, 11) is 1.98. The van der Waals surface area contributed by atoms with Crippen LogP contribution in [-0.4, -0.2) is 35.8 Å². The molecule has 0 aliphatic carbocycles. The fourth-order valence-electron chi connectivity index (χ4n) is 2.48. The predicted molar refractivity (Wildman–Crippen MR) is 98.0 cm³/mol. The van der Waals surface area contributed by atoms with Gasteiger partial charge in [0.25, 0.3) is 0 Å². The molecule has 2 aromatic carbocycles. The van der Waals surface area contributed by atoms with Crippen molar-refractivity contribution in [3.63, 3.8) is 0 Å². The number of hydrogen-bond acceptors (Lipinski definition) is 2. The quantitative estimate of drug-likeness (QED) is 0.732. The standard InChI is InChI=1S/C19H23BrN2O/c1-3-22(13-16-9-5-4-6-10-16)19(23)15-21(2)14-17-11-7-8-12-18(17)20/h4-12H,3,13-15H2,1-2H3. The zero-order valence-electron chi connectivity index (χ0n) is 13.7. The van der Waals surface area contributed by atoms with E-state index in [0.29, 0.717) is 13.1 Å². The molecular weight excluding hydrogens is 352 g/mol. The summed E-state index contributed by atoms with van der Waals surface area (Å²) in [6.45, 7) is 4.57. The highest BCUT2D eigenvalue weighted by molar-refractivity contribution is 9.10. The van der Waals surface area contributed by atoms with Crippen LogP contribution in [0.1, 0.15) is 18.1 Å². The van der Waals surface area contributed by atoms with E-state index in [1.165, 1.54) is 5.56 Å². The van der Waals surface area contributed by atoms with E-state index < -0.39 is 0 Å². The van der Waals surface area contributed by atoms with Gasteiger partial charge < -0.3 is 4.90 Å². The topological polar surface area (TPSA) is 23.6 Å². The molecule has 0 unspecified atom stereocenters. The van der Waals surface area contributed by atoms with Crippen molar-refractivity contribution < 1.29 is 4.79 Å². The zero-order valence-corrected chi connectivity index (χ0v) is 15.3. The van der Waals surface area contributed by atoms with Gasteiger partial charge in [0.2, 0.25) is 5.91 Å². The molecule has 2 rings (SSSR count). The van der Waals surface area contributed by atoms with Crippen LogP contribution >= 0.6 is 15.9 Å². The second-order valence-corrected chi connectivity index (χ2v) is 6.51. The molecule has 0 aliphatic heterocycles. The highest BCUT2D eigenvalue weighted by Crippen LogP contribution is 2.17. The monoisotopic (exact) mass is 374 g/mol. The van der Waals surface area contributed by atoms with Crippen molar-refractivity contribution in [2.45, 2.75) is 20.0 Å². The van der Waals surface area contributed by atoms with E-state index in [4.69, 9.17) is 0 Å².